The molecule has 1 aromatic rings. The number of rotatable bonds is 4. The van der Waals surface area contributed by atoms with Crippen molar-refractivity contribution in [2.24, 2.45) is 5.73 Å². The van der Waals surface area contributed by atoms with Crippen molar-refractivity contribution in [2.45, 2.75) is 33.2 Å². The molecule has 4 nitrogen and oxygen atoms in total. The third-order valence-corrected chi connectivity index (χ3v) is 2.54. The zero-order chi connectivity index (χ0) is 13.0. The van der Waals surface area contributed by atoms with Crippen LogP contribution in [0.25, 0.3) is 0 Å². The van der Waals surface area contributed by atoms with Gasteiger partial charge in [0.1, 0.15) is 6.04 Å². The Morgan fingerprint density at radius 2 is 1.76 bits per heavy atom. The number of carbonyl (C=O) groups is 2. The molecule has 4 heteroatoms. The second kappa shape index (κ2) is 5.48. The molecule has 0 aliphatic carbocycles. The molecule has 17 heavy (non-hydrogen) atoms. The molecule has 1 atom stereocenters. The van der Waals surface area contributed by atoms with Crippen molar-refractivity contribution in [1.82, 2.24) is 5.32 Å². The number of hydrogen-bond donors (Lipinski definition) is 2. The van der Waals surface area contributed by atoms with Gasteiger partial charge in [-0.25, -0.2) is 0 Å². The fourth-order valence-corrected chi connectivity index (χ4v) is 1.72. The Bertz CT molecular complexity index is 421. The lowest BCUT2D eigenvalue weighted by atomic mass is 10.1. The molecule has 3 N–H and O–H groups in total. The molecule has 1 rings (SSSR count). The molecule has 0 aromatic heterocycles. The van der Waals surface area contributed by atoms with Gasteiger partial charge in [0.05, 0.1) is 0 Å². The predicted octanol–water partition coefficient (Wildman–Crippen LogP) is 1.30. The fraction of sp³-hybridized carbons (Fsp3) is 0.385. The second-order valence-corrected chi connectivity index (χ2v) is 4.21. The normalized spacial score (nSPS) is 11.9. The van der Waals surface area contributed by atoms with E-state index in [4.69, 9.17) is 5.73 Å². The average molecular weight is 234 g/mol. The Balaban J connectivity index is 2.86. The van der Waals surface area contributed by atoms with E-state index in [1.54, 1.807) is 19.1 Å². The molecule has 0 radical (unpaired) electrons. The van der Waals surface area contributed by atoms with Gasteiger partial charge in [-0.2, -0.15) is 0 Å². The molecule has 0 fully saturated rings. The van der Waals surface area contributed by atoms with Gasteiger partial charge in [0.15, 0.2) is 0 Å². The number of nitrogens with two attached hydrogens (primary N) is 1. The van der Waals surface area contributed by atoms with Crippen LogP contribution in [0.2, 0.25) is 0 Å². The predicted molar refractivity (Wildman–Crippen MR) is 66.7 cm³/mol. The van der Waals surface area contributed by atoms with E-state index < -0.39 is 11.9 Å². The highest BCUT2D eigenvalue weighted by atomic mass is 16.2. The van der Waals surface area contributed by atoms with Gasteiger partial charge in [-0.15, -0.1) is 0 Å². The summed E-state index contributed by atoms with van der Waals surface area (Å²) in [6, 6.07) is 4.96. The summed E-state index contributed by atoms with van der Waals surface area (Å²) < 4.78 is 0. The maximum absolute atomic E-state index is 11.9. The Hall–Kier alpha value is -1.84. The van der Waals surface area contributed by atoms with Crippen LogP contribution >= 0.6 is 0 Å². The van der Waals surface area contributed by atoms with E-state index in [-0.39, 0.29) is 5.91 Å². The van der Waals surface area contributed by atoms with Crippen molar-refractivity contribution in [2.75, 3.05) is 0 Å². The number of carbonyl (C=O) groups excluding carboxylic acids is 2. The summed E-state index contributed by atoms with van der Waals surface area (Å²) in [5.74, 6) is -0.771. The SMILES string of the molecule is CC[C@@H](NC(=O)c1cc(C)cc(C)c1)C(N)=O. The van der Waals surface area contributed by atoms with Crippen molar-refractivity contribution in [3.05, 3.63) is 34.9 Å². The lowest BCUT2D eigenvalue weighted by Crippen LogP contribution is -2.43. The van der Waals surface area contributed by atoms with E-state index in [9.17, 15) is 9.59 Å². The first-order chi connectivity index (χ1) is 7.93. The van der Waals surface area contributed by atoms with Crippen molar-refractivity contribution >= 4 is 11.8 Å². The Kier molecular flexibility index (Phi) is 4.26. The first-order valence-electron chi connectivity index (χ1n) is 5.62. The summed E-state index contributed by atoms with van der Waals surface area (Å²) in [5, 5.41) is 2.62. The van der Waals surface area contributed by atoms with Crippen LogP contribution in [0.5, 0.6) is 0 Å². The lowest BCUT2D eigenvalue weighted by molar-refractivity contribution is -0.119. The molecule has 0 saturated heterocycles. The fourth-order valence-electron chi connectivity index (χ4n) is 1.72. The number of nitrogens with one attached hydrogen (secondary N) is 1. The smallest absolute Gasteiger partial charge is 0.251 e. The molecule has 0 aliphatic rings. The monoisotopic (exact) mass is 234 g/mol. The van der Waals surface area contributed by atoms with E-state index in [1.165, 1.54) is 0 Å². The van der Waals surface area contributed by atoms with Gasteiger partial charge in [-0.3, -0.25) is 9.59 Å². The first kappa shape index (κ1) is 13.2. The van der Waals surface area contributed by atoms with Crippen LogP contribution in [0.1, 0.15) is 34.8 Å². The minimum Gasteiger partial charge on any atom is -0.368 e. The van der Waals surface area contributed by atoms with Crippen LogP contribution in [0.3, 0.4) is 0 Å². The van der Waals surface area contributed by atoms with Crippen LogP contribution in [0.15, 0.2) is 18.2 Å². The van der Waals surface area contributed by atoms with Crippen molar-refractivity contribution < 1.29 is 9.59 Å². The summed E-state index contributed by atoms with van der Waals surface area (Å²) in [7, 11) is 0. The van der Waals surface area contributed by atoms with E-state index in [0.717, 1.165) is 11.1 Å². The largest absolute Gasteiger partial charge is 0.368 e. The van der Waals surface area contributed by atoms with Crippen LogP contribution in [-0.4, -0.2) is 17.9 Å². The zero-order valence-electron chi connectivity index (χ0n) is 10.4. The van der Waals surface area contributed by atoms with Gasteiger partial charge in [0.2, 0.25) is 5.91 Å². The summed E-state index contributed by atoms with van der Waals surface area (Å²) in [4.78, 5) is 22.9. The third-order valence-electron chi connectivity index (χ3n) is 2.54. The molecular formula is C13H18N2O2. The highest BCUT2D eigenvalue weighted by molar-refractivity contribution is 5.97. The number of hydrogen-bond acceptors (Lipinski definition) is 2. The van der Waals surface area contributed by atoms with E-state index in [0.29, 0.717) is 12.0 Å². The molecule has 92 valence electrons. The van der Waals surface area contributed by atoms with Crippen LogP contribution in [0, 0.1) is 13.8 Å². The van der Waals surface area contributed by atoms with Gasteiger partial charge in [0, 0.05) is 5.56 Å². The van der Waals surface area contributed by atoms with Crippen molar-refractivity contribution in [3.8, 4) is 0 Å². The van der Waals surface area contributed by atoms with Crippen LogP contribution in [0.4, 0.5) is 0 Å². The molecule has 0 spiro atoms. The molecule has 0 bridgehead atoms. The Morgan fingerprint density at radius 1 is 1.24 bits per heavy atom. The molecule has 0 saturated carbocycles. The zero-order valence-corrected chi connectivity index (χ0v) is 10.4. The summed E-state index contributed by atoms with van der Waals surface area (Å²) >= 11 is 0. The quantitative estimate of drug-likeness (QED) is 0.824. The highest BCUT2D eigenvalue weighted by Gasteiger charge is 2.16. The Morgan fingerprint density at radius 3 is 2.18 bits per heavy atom. The Labute approximate surface area is 101 Å². The second-order valence-electron chi connectivity index (χ2n) is 4.21. The van der Waals surface area contributed by atoms with E-state index >= 15 is 0 Å². The van der Waals surface area contributed by atoms with E-state index in [1.807, 2.05) is 19.9 Å². The average Bonchev–Trinajstić information content (AvgIpc) is 2.23. The molecule has 0 unspecified atom stereocenters. The van der Waals surface area contributed by atoms with Gasteiger partial charge >= 0.3 is 0 Å². The summed E-state index contributed by atoms with van der Waals surface area (Å²) in [5.41, 5.74) is 7.77. The number of aryl methyl sites for hydroxylation is 2. The van der Waals surface area contributed by atoms with Crippen LogP contribution in [-0.2, 0) is 4.79 Å². The first-order valence-corrected chi connectivity index (χ1v) is 5.62. The standard InChI is InChI=1S/C13H18N2O2/c1-4-11(12(14)16)15-13(17)10-6-8(2)5-9(3)7-10/h5-7,11H,4H2,1-3H3,(H2,14,16)(H,15,17)/t11-/m1/s1. The third kappa shape index (κ3) is 3.59. The number of primary amides is 1. The molecule has 2 amide bonds. The van der Waals surface area contributed by atoms with Crippen molar-refractivity contribution in [3.63, 3.8) is 0 Å². The lowest BCUT2D eigenvalue weighted by Gasteiger charge is -2.13. The maximum Gasteiger partial charge on any atom is 0.251 e. The minimum absolute atomic E-state index is 0.262. The molecule has 0 heterocycles. The minimum atomic E-state index is -0.608. The van der Waals surface area contributed by atoms with Gasteiger partial charge in [-0.05, 0) is 32.4 Å². The highest BCUT2D eigenvalue weighted by Crippen LogP contribution is 2.09. The summed E-state index contributed by atoms with van der Waals surface area (Å²) in [6.07, 6.45) is 0.492. The molecule has 1 aromatic carbocycles. The van der Waals surface area contributed by atoms with Crippen LogP contribution < -0.4 is 11.1 Å². The topological polar surface area (TPSA) is 72.2 Å². The summed E-state index contributed by atoms with van der Waals surface area (Å²) in [6.45, 7) is 5.65. The van der Waals surface area contributed by atoms with Crippen molar-refractivity contribution in [1.29, 1.82) is 0 Å². The van der Waals surface area contributed by atoms with Gasteiger partial charge in [0.25, 0.3) is 5.91 Å². The number of benzene rings is 1. The number of amides is 2. The maximum atomic E-state index is 11.9. The molecule has 0 aliphatic heterocycles. The van der Waals surface area contributed by atoms with Gasteiger partial charge in [-0.1, -0.05) is 24.1 Å². The van der Waals surface area contributed by atoms with Gasteiger partial charge < -0.3 is 11.1 Å². The van der Waals surface area contributed by atoms with E-state index in [2.05, 4.69) is 5.32 Å². The molecular weight excluding hydrogens is 216 g/mol.